The van der Waals surface area contributed by atoms with Crippen LogP contribution in [0.2, 0.25) is 0 Å². The largest absolute Gasteiger partial charge is 0.744 e. The van der Waals surface area contributed by atoms with Crippen LogP contribution in [0.4, 0.5) is 0 Å². The van der Waals surface area contributed by atoms with Gasteiger partial charge in [-0.15, -0.1) is 0 Å². The van der Waals surface area contributed by atoms with Gasteiger partial charge in [-0.2, -0.15) is 0 Å². The molecule has 18 heavy (non-hydrogen) atoms. The minimum absolute atomic E-state index is 0.0101. The van der Waals surface area contributed by atoms with Gasteiger partial charge in [0, 0.05) is 6.61 Å². The minimum Gasteiger partial charge on any atom is -0.744 e. The first kappa shape index (κ1) is 14.6. The average Bonchev–Trinajstić information content (AvgIpc) is 2.33. The summed E-state index contributed by atoms with van der Waals surface area (Å²) < 4.78 is 37.2. The van der Waals surface area contributed by atoms with Crippen molar-refractivity contribution in [1.29, 1.82) is 0 Å². The molecule has 0 radical (unpaired) electrons. The number of hydrogen-bond donors (Lipinski definition) is 1. The highest BCUT2D eigenvalue weighted by atomic mass is 32.2. The van der Waals surface area contributed by atoms with Gasteiger partial charge in [0.1, 0.15) is 10.1 Å². The fourth-order valence-corrected chi connectivity index (χ4v) is 1.76. The van der Waals surface area contributed by atoms with Gasteiger partial charge in [0.15, 0.2) is 0 Å². The second-order valence-corrected chi connectivity index (χ2v) is 4.93. The zero-order valence-electron chi connectivity index (χ0n) is 9.53. The number of carbonyl (C=O) groups excluding carboxylic acids is 1. The molecule has 7 heteroatoms. The number of benzene rings is 1. The van der Waals surface area contributed by atoms with E-state index in [4.69, 9.17) is 9.84 Å². The molecule has 1 aromatic rings. The van der Waals surface area contributed by atoms with E-state index >= 15 is 0 Å². The minimum atomic E-state index is -4.58. The first-order chi connectivity index (χ1) is 8.45. The summed E-state index contributed by atoms with van der Waals surface area (Å²) in [4.78, 5) is 11.0. The third kappa shape index (κ3) is 4.44. The van der Waals surface area contributed by atoms with E-state index < -0.39 is 21.0 Å². The lowest BCUT2D eigenvalue weighted by Gasteiger charge is -2.08. The monoisotopic (exact) mass is 273 g/mol. The van der Waals surface area contributed by atoms with E-state index in [-0.39, 0.29) is 18.8 Å². The van der Waals surface area contributed by atoms with Crippen molar-refractivity contribution >= 4 is 16.1 Å². The van der Waals surface area contributed by atoms with Gasteiger partial charge < -0.3 is 14.4 Å². The topological polar surface area (TPSA) is 104 Å². The summed E-state index contributed by atoms with van der Waals surface area (Å²) in [5.74, 6) is -0.696. The van der Waals surface area contributed by atoms with Crippen molar-refractivity contribution < 1.29 is 27.6 Å². The number of rotatable bonds is 6. The van der Waals surface area contributed by atoms with Crippen molar-refractivity contribution in [1.82, 2.24) is 0 Å². The van der Waals surface area contributed by atoms with Crippen LogP contribution >= 0.6 is 0 Å². The molecule has 0 aliphatic carbocycles. The molecular weight excluding hydrogens is 260 g/mol. The molecule has 0 saturated carbocycles. The third-order valence-electron chi connectivity index (χ3n) is 2.14. The molecule has 1 aromatic carbocycles. The summed E-state index contributed by atoms with van der Waals surface area (Å²) in [6, 6.07) is 4.76. The fraction of sp³-hybridized carbons (Fsp3) is 0.364. The molecular formula is C11H13O6S-. The number of aliphatic hydroxyl groups is 1. The molecule has 0 unspecified atom stereocenters. The lowest BCUT2D eigenvalue weighted by Crippen LogP contribution is -2.08. The Morgan fingerprint density at radius 1 is 1.33 bits per heavy atom. The van der Waals surface area contributed by atoms with E-state index in [1.807, 2.05) is 0 Å². The summed E-state index contributed by atoms with van der Waals surface area (Å²) in [6.07, 6.45) is 1.03. The zero-order valence-corrected chi connectivity index (χ0v) is 10.4. The van der Waals surface area contributed by atoms with Crippen LogP contribution in [0.25, 0.3) is 0 Å². The summed E-state index contributed by atoms with van der Waals surface area (Å²) in [5, 5.41) is 8.53. The molecule has 6 nitrogen and oxygen atoms in total. The molecule has 0 atom stereocenters. The molecule has 1 N–H and O–H groups in total. The second kappa shape index (κ2) is 6.48. The van der Waals surface area contributed by atoms with Gasteiger partial charge in [0.05, 0.1) is 17.1 Å². The predicted molar refractivity (Wildman–Crippen MR) is 61.0 cm³/mol. The van der Waals surface area contributed by atoms with Crippen LogP contribution in [-0.4, -0.2) is 37.3 Å². The summed E-state index contributed by atoms with van der Waals surface area (Å²) in [7, 11) is -4.58. The van der Waals surface area contributed by atoms with Crippen molar-refractivity contribution in [2.75, 3.05) is 13.2 Å². The summed E-state index contributed by atoms with van der Waals surface area (Å²) >= 11 is 0. The Balaban J connectivity index is 2.69. The van der Waals surface area contributed by atoms with Crippen molar-refractivity contribution in [3.63, 3.8) is 0 Å². The standard InChI is InChI=1S/C11H14O6S/c12-6-1-2-7-17-11(13)9-4-3-5-10(8-9)18(14,15)16/h3-5,8,12H,1-2,6-7H2,(H,14,15,16)/p-1. The Hall–Kier alpha value is -1.44. The molecule has 0 aliphatic rings. The van der Waals surface area contributed by atoms with Crippen molar-refractivity contribution in [3.05, 3.63) is 29.8 Å². The highest BCUT2D eigenvalue weighted by Crippen LogP contribution is 2.12. The molecule has 0 aromatic heterocycles. The van der Waals surface area contributed by atoms with Crippen LogP contribution in [0.1, 0.15) is 23.2 Å². The average molecular weight is 273 g/mol. The third-order valence-corrected chi connectivity index (χ3v) is 2.98. The molecule has 0 heterocycles. The van der Waals surface area contributed by atoms with E-state index in [2.05, 4.69) is 0 Å². The van der Waals surface area contributed by atoms with Crippen molar-refractivity contribution in [2.45, 2.75) is 17.7 Å². The van der Waals surface area contributed by atoms with Crippen LogP contribution in [0.15, 0.2) is 29.2 Å². The smallest absolute Gasteiger partial charge is 0.338 e. The van der Waals surface area contributed by atoms with Gasteiger partial charge >= 0.3 is 5.97 Å². The van der Waals surface area contributed by atoms with Crippen LogP contribution in [0, 0.1) is 0 Å². The molecule has 1 rings (SSSR count). The van der Waals surface area contributed by atoms with Crippen LogP contribution in [0.5, 0.6) is 0 Å². The summed E-state index contributed by atoms with van der Waals surface area (Å²) in [5.41, 5.74) is 0.0101. The summed E-state index contributed by atoms with van der Waals surface area (Å²) in [6.45, 7) is 0.148. The number of esters is 1. The number of ether oxygens (including phenoxy) is 1. The van der Waals surface area contributed by atoms with Gasteiger partial charge in [0.25, 0.3) is 0 Å². The van der Waals surface area contributed by atoms with Gasteiger partial charge in [-0.25, -0.2) is 13.2 Å². The fourth-order valence-electron chi connectivity index (χ4n) is 1.24. The quantitative estimate of drug-likeness (QED) is 0.460. The van der Waals surface area contributed by atoms with Crippen LogP contribution in [-0.2, 0) is 14.9 Å². The Bertz CT molecular complexity index is 508. The van der Waals surface area contributed by atoms with Crippen molar-refractivity contribution in [3.8, 4) is 0 Å². The maximum absolute atomic E-state index is 11.5. The maximum atomic E-state index is 11.5. The Kier molecular flexibility index (Phi) is 5.26. The van der Waals surface area contributed by atoms with Crippen molar-refractivity contribution in [2.24, 2.45) is 0 Å². The highest BCUT2D eigenvalue weighted by Gasteiger charge is 2.09. The molecule has 0 aliphatic heterocycles. The molecule has 100 valence electrons. The Morgan fingerprint density at radius 2 is 2.06 bits per heavy atom. The number of aliphatic hydroxyl groups excluding tert-OH is 1. The van der Waals surface area contributed by atoms with Gasteiger partial charge in [-0.05, 0) is 31.0 Å². The first-order valence-electron chi connectivity index (χ1n) is 5.29. The number of carbonyl (C=O) groups is 1. The molecule has 0 spiro atoms. The first-order valence-corrected chi connectivity index (χ1v) is 6.70. The lowest BCUT2D eigenvalue weighted by molar-refractivity contribution is 0.0492. The van der Waals surface area contributed by atoms with E-state index in [0.29, 0.717) is 12.8 Å². The second-order valence-electron chi connectivity index (χ2n) is 3.55. The molecule has 0 fully saturated rings. The molecule has 0 saturated heterocycles. The predicted octanol–water partition coefficient (Wildman–Crippen LogP) is 0.520. The van der Waals surface area contributed by atoms with Gasteiger partial charge in [-0.1, -0.05) is 6.07 Å². The maximum Gasteiger partial charge on any atom is 0.338 e. The van der Waals surface area contributed by atoms with E-state index in [1.54, 1.807) is 0 Å². The molecule has 0 amide bonds. The highest BCUT2D eigenvalue weighted by molar-refractivity contribution is 7.85. The SMILES string of the molecule is O=C(OCCCCO)c1cccc(S(=O)(=O)[O-])c1. The van der Waals surface area contributed by atoms with Gasteiger partial charge in [0.2, 0.25) is 0 Å². The Labute approximate surface area is 105 Å². The van der Waals surface area contributed by atoms with E-state index in [1.165, 1.54) is 12.1 Å². The van der Waals surface area contributed by atoms with Crippen LogP contribution < -0.4 is 0 Å². The van der Waals surface area contributed by atoms with E-state index in [9.17, 15) is 17.8 Å². The molecule has 0 bridgehead atoms. The lowest BCUT2D eigenvalue weighted by atomic mass is 10.2. The van der Waals surface area contributed by atoms with Gasteiger partial charge in [-0.3, -0.25) is 0 Å². The van der Waals surface area contributed by atoms with Crippen LogP contribution in [0.3, 0.4) is 0 Å². The Morgan fingerprint density at radius 3 is 2.67 bits per heavy atom. The normalized spacial score (nSPS) is 11.2. The van der Waals surface area contributed by atoms with E-state index in [0.717, 1.165) is 12.1 Å². The number of hydrogen-bond acceptors (Lipinski definition) is 6. The zero-order chi connectivity index (χ0) is 13.6. The number of unbranched alkanes of at least 4 members (excludes halogenated alkanes) is 1.